The molecule has 0 spiro atoms. The van der Waals surface area contributed by atoms with Gasteiger partial charge in [0.2, 0.25) is 11.9 Å². The van der Waals surface area contributed by atoms with Crippen LogP contribution < -0.4 is 11.1 Å². The molecule has 10 nitrogen and oxygen atoms in total. The average Bonchev–Trinajstić information content (AvgIpc) is 3.40. The Kier molecular flexibility index (Phi) is 5.12. The third-order valence-electron chi connectivity index (χ3n) is 6.24. The summed E-state index contributed by atoms with van der Waals surface area (Å²) in [6.07, 6.45) is 9.00. The molecule has 1 aliphatic rings. The van der Waals surface area contributed by atoms with Gasteiger partial charge in [-0.1, -0.05) is 29.4 Å². The van der Waals surface area contributed by atoms with Crippen molar-refractivity contribution in [2.75, 3.05) is 12.8 Å². The van der Waals surface area contributed by atoms with Crippen LogP contribution in [0.15, 0.2) is 53.6 Å². The van der Waals surface area contributed by atoms with Crippen molar-refractivity contribution < 1.29 is 9.32 Å². The van der Waals surface area contributed by atoms with Gasteiger partial charge in [0, 0.05) is 31.2 Å². The van der Waals surface area contributed by atoms with E-state index in [1.165, 1.54) is 4.68 Å². The third-order valence-corrected chi connectivity index (χ3v) is 6.24. The summed E-state index contributed by atoms with van der Waals surface area (Å²) < 4.78 is 7.14. The second-order valence-electron chi connectivity index (χ2n) is 8.41. The fourth-order valence-electron chi connectivity index (χ4n) is 4.04. The summed E-state index contributed by atoms with van der Waals surface area (Å²) in [4.78, 5) is 24.5. The molecule has 168 valence electrons. The molecule has 33 heavy (non-hydrogen) atoms. The third kappa shape index (κ3) is 3.95. The van der Waals surface area contributed by atoms with Gasteiger partial charge in [0.05, 0.1) is 17.2 Å². The summed E-state index contributed by atoms with van der Waals surface area (Å²) in [7, 11) is 1.59. The van der Waals surface area contributed by atoms with Crippen LogP contribution in [0.2, 0.25) is 0 Å². The molecule has 3 N–H and O–H groups in total. The fourth-order valence-corrected chi connectivity index (χ4v) is 4.04. The van der Waals surface area contributed by atoms with Crippen LogP contribution in [-0.4, -0.2) is 42.8 Å². The minimum Gasteiger partial charge on any atom is -0.368 e. The number of benzene rings is 1. The highest BCUT2D eigenvalue weighted by Gasteiger charge is 2.47. The van der Waals surface area contributed by atoms with Crippen molar-refractivity contribution in [2.24, 2.45) is 5.92 Å². The summed E-state index contributed by atoms with van der Waals surface area (Å²) in [6, 6.07) is 8.30. The number of nitrogen functional groups attached to an aromatic ring is 1. The highest BCUT2D eigenvalue weighted by molar-refractivity contribution is 5.75. The maximum atomic E-state index is 11.6. The number of nitrogens with two attached hydrogens (primary N) is 1. The van der Waals surface area contributed by atoms with Gasteiger partial charge in [-0.25, -0.2) is 9.97 Å². The highest BCUT2D eigenvalue weighted by Crippen LogP contribution is 2.50. The number of rotatable bonds is 7. The predicted molar refractivity (Wildman–Crippen MR) is 121 cm³/mol. The Bertz CT molecular complexity index is 1270. The van der Waals surface area contributed by atoms with Gasteiger partial charge in [0.15, 0.2) is 5.82 Å². The summed E-state index contributed by atoms with van der Waals surface area (Å²) in [6.45, 7) is 2.29. The van der Waals surface area contributed by atoms with Crippen LogP contribution in [-0.2, 0) is 16.8 Å². The van der Waals surface area contributed by atoms with Crippen LogP contribution >= 0.6 is 0 Å². The molecule has 3 heterocycles. The second-order valence-corrected chi connectivity index (χ2v) is 8.41. The lowest BCUT2D eigenvalue weighted by molar-refractivity contribution is -0.121. The van der Waals surface area contributed by atoms with Gasteiger partial charge in [-0.15, -0.1) is 0 Å². The van der Waals surface area contributed by atoms with Gasteiger partial charge < -0.3 is 15.6 Å². The normalized spacial score (nSPS) is 15.2. The number of likely N-dealkylation sites (N-methyl/N-ethyl adjacent to an activating group) is 1. The van der Waals surface area contributed by atoms with E-state index in [0.717, 1.165) is 29.5 Å². The fraction of sp³-hybridized carbons (Fsp3) is 0.304. The van der Waals surface area contributed by atoms with Crippen LogP contribution in [0.1, 0.15) is 31.2 Å². The lowest BCUT2D eigenvalue weighted by atomic mass is 9.77. The van der Waals surface area contributed by atoms with Crippen LogP contribution in [0.4, 0.5) is 5.95 Å². The van der Waals surface area contributed by atoms with E-state index in [0.29, 0.717) is 23.2 Å². The summed E-state index contributed by atoms with van der Waals surface area (Å²) in [5.74, 6) is 1.58. The van der Waals surface area contributed by atoms with Gasteiger partial charge >= 0.3 is 0 Å². The molecule has 0 bridgehead atoms. The first-order valence-electron chi connectivity index (χ1n) is 10.7. The van der Waals surface area contributed by atoms with E-state index in [9.17, 15) is 4.79 Å². The van der Waals surface area contributed by atoms with Gasteiger partial charge in [0.1, 0.15) is 6.54 Å². The lowest BCUT2D eigenvalue weighted by Crippen LogP contribution is -2.28. The number of hydrogen-bond acceptors (Lipinski definition) is 8. The highest BCUT2D eigenvalue weighted by atomic mass is 16.5. The topological polar surface area (TPSA) is 138 Å². The number of amides is 1. The van der Waals surface area contributed by atoms with Crippen molar-refractivity contribution in [3.05, 3.63) is 60.4 Å². The Balaban J connectivity index is 1.43. The van der Waals surface area contributed by atoms with Crippen molar-refractivity contribution in [1.82, 2.24) is 35.2 Å². The Hall–Kier alpha value is -4.08. The van der Waals surface area contributed by atoms with E-state index >= 15 is 0 Å². The lowest BCUT2D eigenvalue weighted by Gasteiger charge is -2.27. The first-order chi connectivity index (χ1) is 16.0. The van der Waals surface area contributed by atoms with Gasteiger partial charge in [0.25, 0.3) is 5.89 Å². The Morgan fingerprint density at radius 2 is 1.88 bits per heavy atom. The average molecular weight is 444 g/mol. The van der Waals surface area contributed by atoms with Crippen molar-refractivity contribution in [3.63, 3.8) is 0 Å². The summed E-state index contributed by atoms with van der Waals surface area (Å²) >= 11 is 0. The molecular weight excluding hydrogens is 420 g/mol. The molecule has 1 aromatic carbocycles. The molecule has 0 unspecified atom stereocenters. The van der Waals surface area contributed by atoms with Crippen LogP contribution in [0.25, 0.3) is 22.6 Å². The zero-order chi connectivity index (χ0) is 23.0. The van der Waals surface area contributed by atoms with Gasteiger partial charge in [-0.3, -0.25) is 9.48 Å². The maximum Gasteiger partial charge on any atom is 0.261 e. The first-order valence-corrected chi connectivity index (χ1v) is 10.7. The minimum absolute atomic E-state index is 0.128. The Morgan fingerprint density at radius 3 is 2.55 bits per heavy atom. The van der Waals surface area contributed by atoms with Gasteiger partial charge in [-0.05, 0) is 36.8 Å². The molecule has 3 aromatic heterocycles. The molecule has 1 amide bonds. The first kappa shape index (κ1) is 20.8. The molecule has 5 rings (SSSR count). The smallest absolute Gasteiger partial charge is 0.261 e. The molecule has 0 saturated heterocycles. The van der Waals surface area contributed by atoms with E-state index < -0.39 is 0 Å². The predicted octanol–water partition coefficient (Wildman–Crippen LogP) is 2.43. The van der Waals surface area contributed by atoms with Crippen LogP contribution in [0.3, 0.4) is 0 Å². The zero-order valence-electron chi connectivity index (χ0n) is 18.4. The molecule has 10 heteroatoms. The molecule has 4 aromatic rings. The molecule has 1 saturated carbocycles. The number of nitrogens with one attached hydrogen (secondary N) is 1. The molecular formula is C23H24N8O2. The number of nitrogens with zero attached hydrogens (tertiary/aromatic N) is 6. The van der Waals surface area contributed by atoms with Crippen LogP contribution in [0.5, 0.6) is 0 Å². The number of anilines is 1. The standard InChI is InChI=1S/C23H24N8O2/c1-23(18-7-8-18,17-5-3-14(4-6-17)15-9-26-22(24)27-10-15)21-29-20(33-30-21)16-11-28-31(12-16)13-19(32)25-2/h3-6,9-12,18H,7-8,13H2,1-2H3,(H,25,32)(H2,24,26,27)/t23-/m0/s1. The number of hydrogen-bond donors (Lipinski definition) is 2. The summed E-state index contributed by atoms with van der Waals surface area (Å²) in [5.41, 5.74) is 8.92. The molecule has 0 aliphatic heterocycles. The van der Waals surface area contributed by atoms with E-state index in [-0.39, 0.29) is 23.8 Å². The van der Waals surface area contributed by atoms with Crippen molar-refractivity contribution >= 4 is 11.9 Å². The van der Waals surface area contributed by atoms with Gasteiger partial charge in [-0.2, -0.15) is 10.1 Å². The van der Waals surface area contributed by atoms with Crippen molar-refractivity contribution in [2.45, 2.75) is 31.7 Å². The van der Waals surface area contributed by atoms with Crippen molar-refractivity contribution in [3.8, 4) is 22.6 Å². The largest absolute Gasteiger partial charge is 0.368 e. The molecule has 1 atom stereocenters. The Labute approximate surface area is 190 Å². The quantitative estimate of drug-likeness (QED) is 0.443. The number of aromatic nitrogens is 6. The molecule has 1 fully saturated rings. The van der Waals surface area contributed by atoms with Crippen molar-refractivity contribution in [1.29, 1.82) is 0 Å². The zero-order valence-corrected chi connectivity index (χ0v) is 18.4. The maximum absolute atomic E-state index is 11.6. The SMILES string of the molecule is CNC(=O)Cn1cc(-c2nc([C@@](C)(c3ccc(-c4cnc(N)nc4)cc3)C3CC3)no2)cn1. The minimum atomic E-state index is -0.379. The molecule has 1 aliphatic carbocycles. The number of carbonyl (C=O) groups is 1. The second kappa shape index (κ2) is 8.12. The number of carbonyl (C=O) groups excluding carboxylic acids is 1. The Morgan fingerprint density at radius 1 is 1.15 bits per heavy atom. The van der Waals surface area contributed by atoms with E-state index in [4.69, 9.17) is 15.2 Å². The van der Waals surface area contributed by atoms with E-state index in [1.54, 1.807) is 31.8 Å². The van der Waals surface area contributed by atoms with E-state index in [1.807, 2.05) is 0 Å². The van der Waals surface area contributed by atoms with Crippen LogP contribution in [0, 0.1) is 5.92 Å². The summed E-state index contributed by atoms with van der Waals surface area (Å²) in [5, 5.41) is 11.1. The molecule has 0 radical (unpaired) electrons. The monoisotopic (exact) mass is 444 g/mol. The van der Waals surface area contributed by atoms with E-state index in [2.05, 4.69) is 56.7 Å².